The molecule has 0 saturated carbocycles. The molecule has 0 aliphatic rings. The van der Waals surface area contributed by atoms with Crippen molar-refractivity contribution in [2.45, 2.75) is 103 Å². The van der Waals surface area contributed by atoms with Gasteiger partial charge in [-0.2, -0.15) is 0 Å². The molecule has 0 aliphatic heterocycles. The topological polar surface area (TPSA) is 112 Å². The van der Waals surface area contributed by atoms with Crippen molar-refractivity contribution < 1.29 is 29.7 Å². The molecule has 0 spiro atoms. The van der Waals surface area contributed by atoms with Gasteiger partial charge in [-0.15, -0.1) is 0 Å². The molecule has 0 aliphatic carbocycles. The number of hydrogen-bond donors (Lipinski definition) is 3. The van der Waals surface area contributed by atoms with Crippen LogP contribution in [-0.4, -0.2) is 55.8 Å². The van der Waals surface area contributed by atoms with Crippen molar-refractivity contribution in [3.8, 4) is 0 Å². The molecular formula is C19H40O6Sn. The molecule has 0 bridgehead atoms. The van der Waals surface area contributed by atoms with Crippen LogP contribution in [-0.2, 0) is 14.4 Å². The predicted octanol–water partition coefficient (Wildman–Crippen LogP) is 4.89. The molecular weight excluding hydrogens is 443 g/mol. The van der Waals surface area contributed by atoms with Gasteiger partial charge in [-0.3, -0.25) is 14.4 Å². The Hall–Kier alpha value is -0.791. The minimum atomic E-state index is -0.682. The number of unbranched alkanes of at least 4 members (excludes halogenated alkanes) is 6. The molecule has 0 aromatic heterocycles. The molecule has 156 valence electrons. The zero-order valence-corrected chi connectivity index (χ0v) is 20.4. The van der Waals surface area contributed by atoms with E-state index in [0.717, 1.165) is 57.8 Å². The number of carbonyl (C=O) groups is 3. The number of aliphatic carboxylic acids is 3. The summed E-state index contributed by atoms with van der Waals surface area (Å²) in [5, 5.41) is 24.4. The Labute approximate surface area is 172 Å². The van der Waals surface area contributed by atoms with E-state index in [1.165, 1.54) is 22.5 Å². The fourth-order valence-electron chi connectivity index (χ4n) is 1.58. The molecule has 0 aromatic rings. The first kappa shape index (κ1) is 32.8. The normalized spacial score (nSPS) is 8.65. The van der Waals surface area contributed by atoms with E-state index in [-0.39, 0.29) is 0 Å². The molecule has 6 nitrogen and oxygen atoms in total. The molecule has 0 fully saturated rings. The molecule has 0 rings (SSSR count). The first-order valence-electron chi connectivity index (χ1n) is 9.54. The Morgan fingerprint density at radius 1 is 0.538 bits per heavy atom. The second-order valence-electron chi connectivity index (χ2n) is 5.55. The van der Waals surface area contributed by atoms with Gasteiger partial charge in [0.15, 0.2) is 0 Å². The summed E-state index contributed by atoms with van der Waals surface area (Å²) in [5.74, 6) is -2.05. The first-order chi connectivity index (χ1) is 12.3. The summed E-state index contributed by atoms with van der Waals surface area (Å²) >= 11 is 1.35. The third-order valence-corrected chi connectivity index (χ3v) is 2.98. The first-order valence-corrected chi connectivity index (χ1v) is 12.8. The van der Waals surface area contributed by atoms with Crippen molar-refractivity contribution in [3.05, 3.63) is 0 Å². The molecule has 0 saturated heterocycles. The van der Waals surface area contributed by atoms with Crippen LogP contribution < -0.4 is 0 Å². The second kappa shape index (κ2) is 31.9. The summed E-state index contributed by atoms with van der Waals surface area (Å²) in [4.78, 5) is 31.8. The van der Waals surface area contributed by atoms with Crippen LogP contribution >= 0.6 is 0 Å². The number of rotatable bonds is 12. The molecule has 7 heteroatoms. The zero-order valence-electron chi connectivity index (χ0n) is 17.1. The van der Waals surface area contributed by atoms with Crippen molar-refractivity contribution in [2.24, 2.45) is 0 Å². The molecule has 3 N–H and O–H groups in total. The zero-order chi connectivity index (χ0) is 21.2. The Bertz CT molecular complexity index is 261. The van der Waals surface area contributed by atoms with Crippen molar-refractivity contribution in [1.82, 2.24) is 0 Å². The monoisotopic (exact) mass is 484 g/mol. The van der Waals surface area contributed by atoms with E-state index >= 15 is 0 Å². The van der Waals surface area contributed by atoms with E-state index in [2.05, 4.69) is 25.7 Å². The Balaban J connectivity index is -0.000000133. The summed E-state index contributed by atoms with van der Waals surface area (Å²) in [7, 11) is 0. The van der Waals surface area contributed by atoms with Crippen LogP contribution in [0, 0.1) is 0 Å². The van der Waals surface area contributed by atoms with Crippen LogP contribution in [0.25, 0.3) is 0 Å². The molecule has 0 atom stereocenters. The van der Waals surface area contributed by atoms with Gasteiger partial charge in [-0.1, -0.05) is 59.3 Å². The van der Waals surface area contributed by atoms with Gasteiger partial charge in [0.05, 0.1) is 0 Å². The van der Waals surface area contributed by atoms with Crippen LogP contribution in [0.4, 0.5) is 0 Å². The van der Waals surface area contributed by atoms with E-state index in [1.54, 1.807) is 0 Å². The fraction of sp³-hybridized carbons (Fsp3) is 0.842. The second-order valence-corrected chi connectivity index (χ2v) is 5.55. The molecule has 0 aromatic carbocycles. The summed E-state index contributed by atoms with van der Waals surface area (Å²) < 4.78 is 0. The van der Waals surface area contributed by atoms with E-state index < -0.39 is 17.9 Å². The van der Waals surface area contributed by atoms with Crippen LogP contribution in [0.3, 0.4) is 0 Å². The molecule has 0 unspecified atom stereocenters. The van der Waals surface area contributed by atoms with E-state index in [1.807, 2.05) is 0 Å². The van der Waals surface area contributed by atoms with Crippen LogP contribution in [0.15, 0.2) is 0 Å². The Kier molecular flexibility index (Phi) is 40.3. The number of carboxylic acids is 3. The Morgan fingerprint density at radius 2 is 0.731 bits per heavy atom. The SMILES string of the molecule is CCCCCC(=O)O.CCCCCC(=O)O.CCCCCC(=O)O.[CH3][SnH]. The molecule has 0 heterocycles. The Morgan fingerprint density at radius 3 is 0.846 bits per heavy atom. The standard InChI is InChI=1S/3C6H12O2.CH3.Sn.H/c3*1-2-3-4-5-6(7)8;;;/h3*2-5H2,1H3,(H,7,8);1H3;;. The maximum absolute atomic E-state index is 9.87. The van der Waals surface area contributed by atoms with Gasteiger partial charge in [-0.05, 0) is 19.3 Å². The molecule has 0 amide bonds. The quantitative estimate of drug-likeness (QED) is 0.269. The summed E-state index contributed by atoms with van der Waals surface area (Å²) in [6.07, 6.45) is 9.83. The van der Waals surface area contributed by atoms with Gasteiger partial charge in [0.25, 0.3) is 0 Å². The number of hydrogen-bond acceptors (Lipinski definition) is 3. The maximum atomic E-state index is 9.87. The third kappa shape index (κ3) is 56.7. The summed E-state index contributed by atoms with van der Waals surface area (Å²) in [6, 6.07) is 0. The average Bonchev–Trinajstić information content (AvgIpc) is 2.58. The minimum absolute atomic E-state index is 0.327. The van der Waals surface area contributed by atoms with Gasteiger partial charge in [0.2, 0.25) is 0 Å². The summed E-state index contributed by atoms with van der Waals surface area (Å²) in [5.41, 5.74) is 0. The predicted molar refractivity (Wildman–Crippen MR) is 108 cm³/mol. The van der Waals surface area contributed by atoms with Gasteiger partial charge >= 0.3 is 45.4 Å². The van der Waals surface area contributed by atoms with E-state index in [0.29, 0.717) is 19.3 Å². The van der Waals surface area contributed by atoms with E-state index in [4.69, 9.17) is 15.3 Å². The van der Waals surface area contributed by atoms with Crippen molar-refractivity contribution in [3.63, 3.8) is 0 Å². The van der Waals surface area contributed by atoms with Gasteiger partial charge in [0, 0.05) is 19.3 Å². The van der Waals surface area contributed by atoms with Crippen molar-refractivity contribution in [2.75, 3.05) is 0 Å². The number of carboxylic acid groups (broad SMARTS) is 3. The average molecular weight is 483 g/mol. The van der Waals surface area contributed by atoms with Gasteiger partial charge < -0.3 is 15.3 Å². The van der Waals surface area contributed by atoms with Crippen LogP contribution in [0.1, 0.15) is 97.8 Å². The van der Waals surface area contributed by atoms with Crippen LogP contribution in [0.5, 0.6) is 0 Å². The fourth-order valence-corrected chi connectivity index (χ4v) is 1.58. The van der Waals surface area contributed by atoms with Crippen LogP contribution in [0.2, 0.25) is 4.94 Å². The van der Waals surface area contributed by atoms with E-state index in [9.17, 15) is 14.4 Å². The molecule has 2 radical (unpaired) electrons. The van der Waals surface area contributed by atoms with Gasteiger partial charge in [-0.25, -0.2) is 0 Å². The third-order valence-electron chi connectivity index (χ3n) is 2.98. The molecule has 26 heavy (non-hydrogen) atoms. The van der Waals surface area contributed by atoms with Crippen molar-refractivity contribution >= 4 is 40.4 Å². The van der Waals surface area contributed by atoms with Crippen molar-refractivity contribution in [1.29, 1.82) is 0 Å². The van der Waals surface area contributed by atoms with Gasteiger partial charge in [0.1, 0.15) is 0 Å². The summed E-state index contributed by atoms with van der Waals surface area (Å²) in [6.45, 7) is 6.17.